The Balaban J connectivity index is 2.31. The predicted octanol–water partition coefficient (Wildman–Crippen LogP) is 3.35. The molecule has 0 aliphatic carbocycles. The number of hydrogen-bond acceptors (Lipinski definition) is 6. The molecule has 0 saturated carbocycles. The van der Waals surface area contributed by atoms with Gasteiger partial charge >= 0.3 is 0 Å². The zero-order chi connectivity index (χ0) is 15.4. The number of nitrogens with one attached hydrogen (secondary N) is 1. The fourth-order valence-electron chi connectivity index (χ4n) is 1.84. The number of benzene rings is 1. The first-order valence-electron chi connectivity index (χ1n) is 6.51. The third-order valence-corrected chi connectivity index (χ3v) is 3.24. The van der Waals surface area contributed by atoms with Crippen LogP contribution in [-0.4, -0.2) is 28.0 Å². The first-order valence-corrected chi connectivity index (χ1v) is 7.27. The minimum Gasteiger partial charge on any atom is -0.368 e. The minimum absolute atomic E-state index is 0.155. The van der Waals surface area contributed by atoms with Crippen molar-refractivity contribution in [1.82, 2.24) is 15.0 Å². The van der Waals surface area contributed by atoms with Crippen LogP contribution in [-0.2, 0) is 0 Å². The molecule has 2 aromatic rings. The maximum Gasteiger partial charge on any atom is 0.233 e. The maximum absolute atomic E-state index is 5.96. The van der Waals surface area contributed by atoms with E-state index in [1.165, 1.54) is 0 Å². The summed E-state index contributed by atoms with van der Waals surface area (Å²) in [6, 6.07) is 5.10. The second-order valence-corrected chi connectivity index (χ2v) is 5.15. The van der Waals surface area contributed by atoms with Gasteiger partial charge in [-0.1, -0.05) is 23.2 Å². The molecule has 112 valence electrons. The largest absolute Gasteiger partial charge is 0.368 e. The summed E-state index contributed by atoms with van der Waals surface area (Å²) < 4.78 is 0. The van der Waals surface area contributed by atoms with Crippen LogP contribution in [0.25, 0.3) is 0 Å². The van der Waals surface area contributed by atoms with Crippen LogP contribution in [0, 0.1) is 0 Å². The fraction of sp³-hybridized carbons (Fsp3) is 0.308. The number of anilines is 4. The maximum atomic E-state index is 5.96. The van der Waals surface area contributed by atoms with E-state index in [4.69, 9.17) is 28.9 Å². The van der Waals surface area contributed by atoms with E-state index in [9.17, 15) is 0 Å². The molecule has 21 heavy (non-hydrogen) atoms. The van der Waals surface area contributed by atoms with Gasteiger partial charge in [0.25, 0.3) is 0 Å². The summed E-state index contributed by atoms with van der Waals surface area (Å²) in [6.45, 7) is 5.60. The molecule has 0 bridgehead atoms. The Hall–Kier alpha value is -1.79. The van der Waals surface area contributed by atoms with Crippen LogP contribution in [0.1, 0.15) is 13.8 Å². The summed E-state index contributed by atoms with van der Waals surface area (Å²) in [6.07, 6.45) is 0. The third-order valence-electron chi connectivity index (χ3n) is 2.81. The Morgan fingerprint density at radius 1 is 1.05 bits per heavy atom. The molecule has 2 rings (SSSR count). The monoisotopic (exact) mass is 326 g/mol. The van der Waals surface area contributed by atoms with Crippen LogP contribution in [0.2, 0.25) is 10.0 Å². The zero-order valence-electron chi connectivity index (χ0n) is 11.8. The van der Waals surface area contributed by atoms with Gasteiger partial charge < -0.3 is 16.0 Å². The number of halogens is 2. The summed E-state index contributed by atoms with van der Waals surface area (Å²) in [5.74, 6) is 1.04. The van der Waals surface area contributed by atoms with E-state index < -0.39 is 0 Å². The van der Waals surface area contributed by atoms with E-state index >= 15 is 0 Å². The number of nitrogens with zero attached hydrogens (tertiary/aromatic N) is 4. The van der Waals surface area contributed by atoms with Crippen LogP contribution in [0.3, 0.4) is 0 Å². The Labute approximate surface area is 133 Å². The lowest BCUT2D eigenvalue weighted by molar-refractivity contribution is 0.816. The van der Waals surface area contributed by atoms with Crippen molar-refractivity contribution in [3.63, 3.8) is 0 Å². The van der Waals surface area contributed by atoms with Crippen molar-refractivity contribution in [3.8, 4) is 0 Å². The summed E-state index contributed by atoms with van der Waals surface area (Å²) in [7, 11) is 0. The molecule has 0 aliphatic heterocycles. The molecular formula is C13H16Cl2N6. The summed E-state index contributed by atoms with van der Waals surface area (Å²) in [4.78, 5) is 14.5. The second-order valence-electron chi connectivity index (χ2n) is 4.27. The average Bonchev–Trinajstić information content (AvgIpc) is 2.38. The molecular weight excluding hydrogens is 311 g/mol. The van der Waals surface area contributed by atoms with Gasteiger partial charge in [-0.05, 0) is 32.0 Å². The minimum atomic E-state index is 0.155. The van der Waals surface area contributed by atoms with Crippen molar-refractivity contribution in [3.05, 3.63) is 28.2 Å². The molecule has 1 heterocycles. The molecule has 0 fully saturated rings. The lowest BCUT2D eigenvalue weighted by Gasteiger charge is -2.19. The van der Waals surface area contributed by atoms with Crippen molar-refractivity contribution in [2.45, 2.75) is 13.8 Å². The smallest absolute Gasteiger partial charge is 0.233 e. The van der Waals surface area contributed by atoms with Crippen molar-refractivity contribution >= 4 is 46.7 Å². The van der Waals surface area contributed by atoms with E-state index in [-0.39, 0.29) is 5.95 Å². The van der Waals surface area contributed by atoms with Crippen LogP contribution in [0.4, 0.5) is 23.5 Å². The van der Waals surface area contributed by atoms with Crippen molar-refractivity contribution in [2.24, 2.45) is 0 Å². The molecule has 8 heteroatoms. The van der Waals surface area contributed by atoms with Gasteiger partial charge in [-0.25, -0.2) is 0 Å². The highest BCUT2D eigenvalue weighted by molar-refractivity contribution is 6.35. The van der Waals surface area contributed by atoms with Gasteiger partial charge in [0.1, 0.15) is 0 Å². The van der Waals surface area contributed by atoms with Gasteiger partial charge in [-0.15, -0.1) is 0 Å². The molecule has 0 unspecified atom stereocenters. The summed E-state index contributed by atoms with van der Waals surface area (Å²) in [5, 5.41) is 4.08. The second kappa shape index (κ2) is 6.78. The highest BCUT2D eigenvalue weighted by atomic mass is 35.5. The van der Waals surface area contributed by atoms with Crippen LogP contribution < -0.4 is 16.0 Å². The van der Waals surface area contributed by atoms with E-state index in [1.54, 1.807) is 18.2 Å². The third kappa shape index (κ3) is 4.09. The molecule has 0 atom stereocenters. The highest BCUT2D eigenvalue weighted by Gasteiger charge is 2.10. The molecule has 1 aromatic carbocycles. The zero-order valence-corrected chi connectivity index (χ0v) is 13.3. The highest BCUT2D eigenvalue weighted by Crippen LogP contribution is 2.24. The first-order chi connectivity index (χ1) is 10.0. The van der Waals surface area contributed by atoms with Gasteiger partial charge in [0.2, 0.25) is 17.8 Å². The molecule has 0 amide bonds. The van der Waals surface area contributed by atoms with E-state index in [0.29, 0.717) is 27.6 Å². The standard InChI is InChI=1S/C13H16Cl2N6/c1-3-21(4-2)13-19-11(16)18-12(20-13)17-10-6-8(14)5-9(15)7-10/h5-7H,3-4H2,1-2H3,(H3,16,17,18,19,20). The summed E-state index contributed by atoms with van der Waals surface area (Å²) in [5.41, 5.74) is 6.42. The topological polar surface area (TPSA) is 80.0 Å². The Bertz CT molecular complexity index is 610. The molecule has 1 aromatic heterocycles. The van der Waals surface area contributed by atoms with Gasteiger partial charge in [0.15, 0.2) is 0 Å². The number of hydrogen-bond donors (Lipinski definition) is 2. The van der Waals surface area contributed by atoms with Crippen molar-refractivity contribution < 1.29 is 0 Å². The molecule has 0 aliphatic rings. The van der Waals surface area contributed by atoms with Gasteiger partial charge in [-0.3, -0.25) is 0 Å². The van der Waals surface area contributed by atoms with Crippen molar-refractivity contribution in [1.29, 1.82) is 0 Å². The first kappa shape index (κ1) is 15.6. The van der Waals surface area contributed by atoms with Crippen LogP contribution >= 0.6 is 23.2 Å². The van der Waals surface area contributed by atoms with Crippen molar-refractivity contribution in [2.75, 3.05) is 29.0 Å². The lowest BCUT2D eigenvalue weighted by Crippen LogP contribution is -2.25. The average molecular weight is 327 g/mol. The van der Waals surface area contributed by atoms with E-state index in [2.05, 4.69) is 20.3 Å². The van der Waals surface area contributed by atoms with Gasteiger partial charge in [0, 0.05) is 28.8 Å². The molecule has 6 nitrogen and oxygen atoms in total. The predicted molar refractivity (Wildman–Crippen MR) is 87.5 cm³/mol. The van der Waals surface area contributed by atoms with E-state index in [1.807, 2.05) is 18.7 Å². The van der Waals surface area contributed by atoms with Gasteiger partial charge in [-0.2, -0.15) is 15.0 Å². The van der Waals surface area contributed by atoms with E-state index in [0.717, 1.165) is 13.1 Å². The van der Waals surface area contributed by atoms with Crippen LogP contribution in [0.15, 0.2) is 18.2 Å². The Morgan fingerprint density at radius 2 is 1.67 bits per heavy atom. The lowest BCUT2D eigenvalue weighted by atomic mass is 10.3. The number of aromatic nitrogens is 3. The number of rotatable bonds is 5. The molecule has 0 saturated heterocycles. The quantitative estimate of drug-likeness (QED) is 0.877. The number of nitrogens with two attached hydrogens (primary N) is 1. The van der Waals surface area contributed by atoms with Gasteiger partial charge in [0.05, 0.1) is 0 Å². The normalized spacial score (nSPS) is 10.5. The molecule has 3 N–H and O–H groups in total. The number of nitrogen functional groups attached to an aromatic ring is 1. The Morgan fingerprint density at radius 3 is 2.24 bits per heavy atom. The SMILES string of the molecule is CCN(CC)c1nc(N)nc(Nc2cc(Cl)cc(Cl)c2)n1. The summed E-state index contributed by atoms with van der Waals surface area (Å²) >= 11 is 11.9. The van der Waals surface area contributed by atoms with Crippen LogP contribution in [0.5, 0.6) is 0 Å². The Kier molecular flexibility index (Phi) is 5.03. The molecule has 0 radical (unpaired) electrons. The molecule has 0 spiro atoms. The fourth-order valence-corrected chi connectivity index (χ4v) is 2.37.